The molecule has 162 valence electrons. The minimum atomic E-state index is -0.771. The number of thiophene rings is 1. The summed E-state index contributed by atoms with van der Waals surface area (Å²) in [5, 5.41) is 9.07. The first-order chi connectivity index (χ1) is 15.0. The van der Waals surface area contributed by atoms with Crippen molar-refractivity contribution in [2.75, 3.05) is 6.54 Å². The quantitative estimate of drug-likeness (QED) is 0.610. The van der Waals surface area contributed by atoms with Crippen molar-refractivity contribution in [1.29, 1.82) is 0 Å². The van der Waals surface area contributed by atoms with E-state index in [9.17, 15) is 14.4 Å². The van der Waals surface area contributed by atoms with E-state index in [1.54, 1.807) is 25.4 Å². The molecule has 0 aromatic carbocycles. The summed E-state index contributed by atoms with van der Waals surface area (Å²) in [6.07, 6.45) is 6.11. The van der Waals surface area contributed by atoms with Gasteiger partial charge >= 0.3 is 0 Å². The second-order valence-corrected chi connectivity index (χ2v) is 8.72. The molecule has 1 N–H and O–H groups in total. The lowest BCUT2D eigenvalue weighted by Crippen LogP contribution is -2.39. The number of aromatic nitrogens is 4. The molecular formula is C22H25N5O3S. The van der Waals surface area contributed by atoms with Gasteiger partial charge in [0.05, 0.1) is 16.9 Å². The first-order valence-electron chi connectivity index (χ1n) is 10.5. The lowest BCUT2D eigenvalue weighted by molar-refractivity contribution is -0.124. The first kappa shape index (κ1) is 21.2. The summed E-state index contributed by atoms with van der Waals surface area (Å²) < 4.78 is 2.68. The van der Waals surface area contributed by atoms with Gasteiger partial charge in [-0.1, -0.05) is 18.9 Å². The Balaban J connectivity index is 1.37. The highest BCUT2D eigenvalue weighted by atomic mass is 32.1. The molecule has 0 bridgehead atoms. The molecule has 3 aromatic rings. The molecule has 1 atom stereocenters. The summed E-state index contributed by atoms with van der Waals surface area (Å²) in [5.41, 5.74) is 1.06. The maximum absolute atomic E-state index is 12.6. The largest absolute Gasteiger partial charge is 0.352 e. The second-order valence-electron chi connectivity index (χ2n) is 7.77. The normalized spacial score (nSPS) is 15.1. The molecule has 1 aliphatic rings. The van der Waals surface area contributed by atoms with Crippen molar-refractivity contribution in [2.45, 2.75) is 51.1 Å². The van der Waals surface area contributed by atoms with Gasteiger partial charge in [-0.2, -0.15) is 5.10 Å². The second kappa shape index (κ2) is 9.38. The summed E-state index contributed by atoms with van der Waals surface area (Å²) in [7, 11) is 0. The van der Waals surface area contributed by atoms with E-state index in [1.165, 1.54) is 39.5 Å². The molecule has 0 saturated heterocycles. The van der Waals surface area contributed by atoms with Gasteiger partial charge in [0.1, 0.15) is 11.7 Å². The Morgan fingerprint density at radius 3 is 2.74 bits per heavy atom. The predicted molar refractivity (Wildman–Crippen MR) is 119 cm³/mol. The fraction of sp³-hybridized carbons (Fsp3) is 0.409. The minimum absolute atomic E-state index is 0.110. The number of nitrogens with one attached hydrogen (secondary N) is 1. The average molecular weight is 440 g/mol. The molecule has 1 unspecified atom stereocenters. The SMILES string of the molecule is CC(C(=O)NCCn1cnc(C2CCCC2)cc1=O)n1nc(-c2cccs2)ccc1=O. The zero-order chi connectivity index (χ0) is 21.8. The maximum atomic E-state index is 12.6. The summed E-state index contributed by atoms with van der Waals surface area (Å²) in [5.74, 6) is 0.0557. The number of carbonyl (C=O) groups excluding carboxylic acids is 1. The van der Waals surface area contributed by atoms with Gasteiger partial charge in [0, 0.05) is 31.1 Å². The van der Waals surface area contributed by atoms with Crippen LogP contribution in [-0.4, -0.2) is 31.8 Å². The van der Waals surface area contributed by atoms with Crippen molar-refractivity contribution in [2.24, 2.45) is 0 Å². The van der Waals surface area contributed by atoms with E-state index in [0.29, 0.717) is 18.2 Å². The molecule has 0 radical (unpaired) electrons. The minimum Gasteiger partial charge on any atom is -0.352 e. The van der Waals surface area contributed by atoms with Crippen molar-refractivity contribution in [3.63, 3.8) is 0 Å². The molecule has 0 spiro atoms. The zero-order valence-corrected chi connectivity index (χ0v) is 18.2. The van der Waals surface area contributed by atoms with Crippen molar-refractivity contribution in [1.82, 2.24) is 24.6 Å². The van der Waals surface area contributed by atoms with Gasteiger partial charge in [0.2, 0.25) is 5.91 Å². The van der Waals surface area contributed by atoms with Crippen molar-refractivity contribution < 1.29 is 4.79 Å². The van der Waals surface area contributed by atoms with E-state index in [2.05, 4.69) is 15.4 Å². The Labute approximate surface area is 183 Å². The summed E-state index contributed by atoms with van der Waals surface area (Å²) in [4.78, 5) is 42.6. The molecule has 8 nitrogen and oxygen atoms in total. The molecule has 4 rings (SSSR count). The van der Waals surface area contributed by atoms with Crippen LogP contribution in [0.15, 0.2) is 51.6 Å². The first-order valence-corrected chi connectivity index (χ1v) is 11.4. The third-order valence-electron chi connectivity index (χ3n) is 5.67. The molecular weight excluding hydrogens is 414 g/mol. The van der Waals surface area contributed by atoms with Crippen LogP contribution in [0.25, 0.3) is 10.6 Å². The highest BCUT2D eigenvalue weighted by molar-refractivity contribution is 7.13. The van der Waals surface area contributed by atoms with E-state index in [1.807, 2.05) is 17.5 Å². The van der Waals surface area contributed by atoms with E-state index >= 15 is 0 Å². The Morgan fingerprint density at radius 2 is 2.03 bits per heavy atom. The molecule has 1 saturated carbocycles. The number of nitrogens with zero attached hydrogens (tertiary/aromatic N) is 4. The molecule has 1 amide bonds. The van der Waals surface area contributed by atoms with Gasteiger partial charge in [-0.05, 0) is 37.3 Å². The van der Waals surface area contributed by atoms with Gasteiger partial charge in [0.15, 0.2) is 0 Å². The fourth-order valence-electron chi connectivity index (χ4n) is 3.87. The maximum Gasteiger partial charge on any atom is 0.267 e. The van der Waals surface area contributed by atoms with Crippen molar-refractivity contribution in [3.8, 4) is 10.6 Å². The Kier molecular flexibility index (Phi) is 6.41. The van der Waals surface area contributed by atoms with Crippen LogP contribution in [0.3, 0.4) is 0 Å². The number of rotatable bonds is 7. The van der Waals surface area contributed by atoms with Crippen LogP contribution in [0.1, 0.15) is 50.3 Å². The fourth-order valence-corrected chi connectivity index (χ4v) is 4.56. The van der Waals surface area contributed by atoms with Gasteiger partial charge in [-0.3, -0.25) is 19.0 Å². The standard InChI is InChI=1S/C22H25N5O3S/c1-15(27-20(28)9-8-17(25-27)19-7-4-12-31-19)22(30)23-10-11-26-14-24-18(13-21(26)29)16-5-2-3-6-16/h4,7-9,12-16H,2-3,5-6,10-11H2,1H3,(H,23,30). The topological polar surface area (TPSA) is 98.9 Å². The lowest BCUT2D eigenvalue weighted by atomic mass is 10.0. The van der Waals surface area contributed by atoms with Crippen LogP contribution in [-0.2, 0) is 11.3 Å². The van der Waals surface area contributed by atoms with Crippen LogP contribution in [0, 0.1) is 0 Å². The Hall–Kier alpha value is -3.07. The third-order valence-corrected chi connectivity index (χ3v) is 6.56. The lowest BCUT2D eigenvalue weighted by Gasteiger charge is -2.15. The monoisotopic (exact) mass is 439 g/mol. The van der Waals surface area contributed by atoms with Crippen LogP contribution < -0.4 is 16.4 Å². The highest BCUT2D eigenvalue weighted by Crippen LogP contribution is 2.32. The van der Waals surface area contributed by atoms with Crippen LogP contribution in [0.5, 0.6) is 0 Å². The van der Waals surface area contributed by atoms with E-state index in [-0.39, 0.29) is 23.6 Å². The number of amides is 1. The summed E-state index contributed by atoms with van der Waals surface area (Å²) in [6, 6.07) is 7.74. The third kappa shape index (κ3) is 4.82. The molecule has 3 heterocycles. The molecule has 1 fully saturated rings. The molecule has 3 aromatic heterocycles. The van der Waals surface area contributed by atoms with Gasteiger partial charge in [-0.25, -0.2) is 9.67 Å². The smallest absolute Gasteiger partial charge is 0.267 e. The Bertz CT molecular complexity index is 1160. The molecule has 9 heteroatoms. The van der Waals surface area contributed by atoms with Crippen LogP contribution >= 0.6 is 11.3 Å². The number of carbonyl (C=O) groups is 1. The van der Waals surface area contributed by atoms with E-state index < -0.39 is 6.04 Å². The molecule has 0 aliphatic heterocycles. The van der Waals surface area contributed by atoms with E-state index in [4.69, 9.17) is 0 Å². The Morgan fingerprint density at radius 1 is 1.23 bits per heavy atom. The van der Waals surface area contributed by atoms with Gasteiger partial charge in [0.25, 0.3) is 11.1 Å². The van der Waals surface area contributed by atoms with Crippen molar-refractivity contribution >= 4 is 17.2 Å². The van der Waals surface area contributed by atoms with Gasteiger partial charge < -0.3 is 5.32 Å². The van der Waals surface area contributed by atoms with E-state index in [0.717, 1.165) is 23.4 Å². The average Bonchev–Trinajstić information content (AvgIpc) is 3.49. The van der Waals surface area contributed by atoms with Gasteiger partial charge in [-0.15, -0.1) is 11.3 Å². The summed E-state index contributed by atoms with van der Waals surface area (Å²) >= 11 is 1.52. The summed E-state index contributed by atoms with van der Waals surface area (Å²) in [6.45, 7) is 2.20. The number of hydrogen-bond donors (Lipinski definition) is 1. The molecule has 31 heavy (non-hydrogen) atoms. The molecule has 1 aliphatic carbocycles. The highest BCUT2D eigenvalue weighted by Gasteiger charge is 2.20. The number of hydrogen-bond acceptors (Lipinski definition) is 6. The predicted octanol–water partition coefficient (Wildman–Crippen LogP) is 2.56. The van der Waals surface area contributed by atoms with Crippen LogP contribution in [0.2, 0.25) is 0 Å². The zero-order valence-electron chi connectivity index (χ0n) is 17.4. The van der Waals surface area contributed by atoms with Crippen molar-refractivity contribution in [3.05, 3.63) is 68.4 Å². The van der Waals surface area contributed by atoms with Crippen LogP contribution in [0.4, 0.5) is 0 Å².